The first-order valence-corrected chi connectivity index (χ1v) is 7.28. The first-order valence-electron chi connectivity index (χ1n) is 7.28. The second-order valence-electron chi connectivity index (χ2n) is 5.84. The van der Waals surface area contributed by atoms with Crippen LogP contribution >= 0.6 is 0 Å². The Hall–Kier alpha value is -1.37. The Bertz CT molecular complexity index is 500. The number of aromatic nitrogens is 2. The van der Waals surface area contributed by atoms with Crippen LogP contribution in [0.2, 0.25) is 0 Å². The van der Waals surface area contributed by atoms with Gasteiger partial charge in [-0.15, -0.1) is 0 Å². The predicted molar refractivity (Wildman–Crippen MR) is 70.8 cm³/mol. The predicted octanol–water partition coefficient (Wildman–Crippen LogP) is 3.40. The minimum absolute atomic E-state index is 0.0462. The van der Waals surface area contributed by atoms with Crippen LogP contribution in [-0.2, 0) is 10.9 Å². The summed E-state index contributed by atoms with van der Waals surface area (Å²) in [6.45, 7) is 0.636. The molecule has 7 heteroatoms. The molecule has 0 amide bonds. The second kappa shape index (κ2) is 5.44. The molecule has 116 valence electrons. The van der Waals surface area contributed by atoms with Crippen molar-refractivity contribution in [2.45, 2.75) is 56.3 Å². The first-order chi connectivity index (χ1) is 9.97. The molecule has 2 fully saturated rings. The van der Waals surface area contributed by atoms with Crippen LogP contribution in [0.3, 0.4) is 0 Å². The number of nitrogens with one attached hydrogen (secondary N) is 1. The standard InChI is InChI=1S/C14H18F3N3O/c15-14(16,17)11-3-7-18-12(20-11)19-10-4-8-21-13(9-10)5-1-2-6-13/h3,7,10H,1-2,4-6,8-9H2,(H,18,19,20). The van der Waals surface area contributed by atoms with Crippen LogP contribution in [0.1, 0.15) is 44.2 Å². The highest BCUT2D eigenvalue weighted by atomic mass is 19.4. The van der Waals surface area contributed by atoms with E-state index in [1.54, 1.807) is 0 Å². The third kappa shape index (κ3) is 3.28. The number of ether oxygens (including phenoxy) is 1. The van der Waals surface area contributed by atoms with E-state index in [1.165, 1.54) is 0 Å². The van der Waals surface area contributed by atoms with Crippen LogP contribution in [0.25, 0.3) is 0 Å². The second-order valence-corrected chi connectivity index (χ2v) is 5.84. The van der Waals surface area contributed by atoms with Crippen molar-refractivity contribution in [3.63, 3.8) is 0 Å². The van der Waals surface area contributed by atoms with E-state index < -0.39 is 11.9 Å². The van der Waals surface area contributed by atoms with E-state index in [4.69, 9.17) is 4.74 Å². The first kappa shape index (κ1) is 14.6. The topological polar surface area (TPSA) is 47.0 Å². The van der Waals surface area contributed by atoms with Gasteiger partial charge in [0, 0.05) is 18.8 Å². The molecule has 0 bridgehead atoms. The van der Waals surface area contributed by atoms with E-state index in [-0.39, 0.29) is 17.6 Å². The average Bonchev–Trinajstić information content (AvgIpc) is 2.86. The van der Waals surface area contributed by atoms with Gasteiger partial charge in [0.2, 0.25) is 5.95 Å². The lowest BCUT2D eigenvalue weighted by atomic mass is 9.89. The zero-order valence-electron chi connectivity index (χ0n) is 11.6. The Labute approximate surface area is 121 Å². The summed E-state index contributed by atoms with van der Waals surface area (Å²) in [5.74, 6) is 0.0462. The molecule has 1 aromatic rings. The molecule has 0 radical (unpaired) electrons. The van der Waals surface area contributed by atoms with E-state index in [0.29, 0.717) is 6.61 Å². The number of alkyl halides is 3. The summed E-state index contributed by atoms with van der Waals surface area (Å²) < 4.78 is 43.9. The maximum atomic E-state index is 12.6. The van der Waals surface area contributed by atoms with Crippen molar-refractivity contribution in [2.75, 3.05) is 11.9 Å². The Morgan fingerprint density at radius 2 is 2.05 bits per heavy atom. The lowest BCUT2D eigenvalue weighted by Gasteiger charge is -2.38. The Kier molecular flexibility index (Phi) is 3.77. The summed E-state index contributed by atoms with van der Waals surface area (Å²) in [4.78, 5) is 7.46. The van der Waals surface area contributed by atoms with Crippen LogP contribution < -0.4 is 5.32 Å². The highest BCUT2D eigenvalue weighted by Crippen LogP contribution is 2.40. The van der Waals surface area contributed by atoms with Gasteiger partial charge < -0.3 is 10.1 Å². The Morgan fingerprint density at radius 1 is 1.29 bits per heavy atom. The quantitative estimate of drug-likeness (QED) is 0.909. The SMILES string of the molecule is FC(F)(F)c1ccnc(NC2CCOC3(CCCC3)C2)n1. The summed E-state index contributed by atoms with van der Waals surface area (Å²) in [7, 11) is 0. The highest BCUT2D eigenvalue weighted by molar-refractivity contribution is 5.28. The largest absolute Gasteiger partial charge is 0.433 e. The number of hydrogen-bond donors (Lipinski definition) is 1. The fourth-order valence-electron chi connectivity index (χ4n) is 3.29. The maximum absolute atomic E-state index is 12.6. The molecule has 21 heavy (non-hydrogen) atoms. The maximum Gasteiger partial charge on any atom is 0.433 e. The molecule has 3 rings (SSSR count). The van der Waals surface area contributed by atoms with E-state index in [0.717, 1.165) is 50.8 Å². The lowest BCUT2D eigenvalue weighted by molar-refractivity contribution is -0.141. The summed E-state index contributed by atoms with van der Waals surface area (Å²) in [5.41, 5.74) is -1.000. The van der Waals surface area contributed by atoms with Gasteiger partial charge in [0.1, 0.15) is 5.69 Å². The number of nitrogens with zero attached hydrogens (tertiary/aromatic N) is 2. The minimum Gasteiger partial charge on any atom is -0.375 e. The van der Waals surface area contributed by atoms with Gasteiger partial charge >= 0.3 is 6.18 Å². The van der Waals surface area contributed by atoms with Crippen molar-refractivity contribution in [2.24, 2.45) is 0 Å². The van der Waals surface area contributed by atoms with E-state index in [1.807, 2.05) is 0 Å². The average molecular weight is 301 g/mol. The molecule has 1 atom stereocenters. The van der Waals surface area contributed by atoms with Crippen LogP contribution in [0.15, 0.2) is 12.3 Å². The smallest absolute Gasteiger partial charge is 0.375 e. The van der Waals surface area contributed by atoms with E-state index in [9.17, 15) is 13.2 Å². The summed E-state index contributed by atoms with van der Waals surface area (Å²) in [6.07, 6.45) is 2.67. The molecule has 1 aliphatic carbocycles. The number of hydrogen-bond acceptors (Lipinski definition) is 4. The van der Waals surface area contributed by atoms with E-state index in [2.05, 4.69) is 15.3 Å². The zero-order chi connectivity index (χ0) is 14.9. The third-order valence-corrected chi connectivity index (χ3v) is 4.29. The molecular weight excluding hydrogens is 283 g/mol. The summed E-state index contributed by atoms with van der Waals surface area (Å²) in [5, 5.41) is 3.04. The van der Waals surface area contributed by atoms with Gasteiger partial charge in [0.05, 0.1) is 5.60 Å². The molecule has 1 saturated carbocycles. The number of anilines is 1. The molecule has 1 unspecified atom stereocenters. The van der Waals surface area contributed by atoms with Crippen LogP contribution in [0.5, 0.6) is 0 Å². The number of halogens is 3. The van der Waals surface area contributed by atoms with Gasteiger partial charge in [-0.2, -0.15) is 13.2 Å². The van der Waals surface area contributed by atoms with Crippen molar-refractivity contribution in [1.82, 2.24) is 9.97 Å². The summed E-state index contributed by atoms with van der Waals surface area (Å²) >= 11 is 0. The van der Waals surface area contributed by atoms with Gasteiger partial charge in [0.25, 0.3) is 0 Å². The highest BCUT2D eigenvalue weighted by Gasteiger charge is 2.40. The molecule has 4 nitrogen and oxygen atoms in total. The molecule has 1 spiro atoms. The lowest BCUT2D eigenvalue weighted by Crippen LogP contribution is -2.42. The van der Waals surface area contributed by atoms with Gasteiger partial charge in [-0.25, -0.2) is 9.97 Å². The molecule has 1 saturated heterocycles. The molecule has 2 heterocycles. The molecule has 2 aliphatic rings. The van der Waals surface area contributed by atoms with Crippen LogP contribution in [0.4, 0.5) is 19.1 Å². The number of rotatable bonds is 2. The normalized spacial score (nSPS) is 25.2. The van der Waals surface area contributed by atoms with Crippen LogP contribution in [-0.4, -0.2) is 28.2 Å². The minimum atomic E-state index is -4.44. The van der Waals surface area contributed by atoms with Gasteiger partial charge in [-0.1, -0.05) is 12.8 Å². The molecule has 1 N–H and O–H groups in total. The molecule has 1 aliphatic heterocycles. The fourth-order valence-corrected chi connectivity index (χ4v) is 3.29. The molecule has 1 aromatic heterocycles. The molecule has 0 aromatic carbocycles. The van der Waals surface area contributed by atoms with E-state index >= 15 is 0 Å². The summed E-state index contributed by atoms with van der Waals surface area (Å²) in [6, 6.07) is 0.952. The van der Waals surface area contributed by atoms with Gasteiger partial charge in [0.15, 0.2) is 0 Å². The third-order valence-electron chi connectivity index (χ3n) is 4.29. The van der Waals surface area contributed by atoms with Crippen LogP contribution in [0, 0.1) is 0 Å². The van der Waals surface area contributed by atoms with Crippen molar-refractivity contribution < 1.29 is 17.9 Å². The fraction of sp³-hybridized carbons (Fsp3) is 0.714. The Balaban J connectivity index is 1.69. The monoisotopic (exact) mass is 301 g/mol. The van der Waals surface area contributed by atoms with Crippen molar-refractivity contribution >= 4 is 5.95 Å². The van der Waals surface area contributed by atoms with Crippen molar-refractivity contribution in [1.29, 1.82) is 0 Å². The van der Waals surface area contributed by atoms with Crippen molar-refractivity contribution in [3.05, 3.63) is 18.0 Å². The zero-order valence-corrected chi connectivity index (χ0v) is 11.6. The molecular formula is C14H18F3N3O. The van der Waals surface area contributed by atoms with Gasteiger partial charge in [-0.05, 0) is 31.7 Å². The Morgan fingerprint density at radius 3 is 2.76 bits per heavy atom. The van der Waals surface area contributed by atoms with Crippen molar-refractivity contribution in [3.8, 4) is 0 Å². The van der Waals surface area contributed by atoms with Gasteiger partial charge in [-0.3, -0.25) is 0 Å².